The molecule has 3 heterocycles. The molecule has 0 unspecified atom stereocenters. The number of aromatic nitrogens is 1. The van der Waals surface area contributed by atoms with Crippen LogP contribution < -0.4 is 15.6 Å². The maximum absolute atomic E-state index is 9.79. The van der Waals surface area contributed by atoms with Gasteiger partial charge in [0.15, 0.2) is 12.2 Å². The number of aliphatic hydroxyl groups is 1. The predicted octanol–water partition coefficient (Wildman–Crippen LogP) is 3.61. The van der Waals surface area contributed by atoms with Crippen molar-refractivity contribution in [2.75, 3.05) is 43.1 Å². The van der Waals surface area contributed by atoms with Crippen molar-refractivity contribution < 1.29 is 9.52 Å². The Labute approximate surface area is 187 Å². The SMILES string of the molecule is OCCN(C1=CN(Nc2ccc(-c3cnco3)cc2)CC2=C1CCNC2)c1ccccc1. The lowest BCUT2D eigenvalue weighted by Gasteiger charge is -2.38. The fraction of sp³-hybridized carbons (Fsp3) is 0.240. The molecule has 32 heavy (non-hydrogen) atoms. The zero-order chi connectivity index (χ0) is 21.8. The first-order valence-corrected chi connectivity index (χ1v) is 10.9. The van der Waals surface area contributed by atoms with E-state index in [1.54, 1.807) is 6.20 Å². The smallest absolute Gasteiger partial charge is 0.181 e. The van der Waals surface area contributed by atoms with Gasteiger partial charge in [0.2, 0.25) is 0 Å². The zero-order valence-corrected chi connectivity index (χ0v) is 17.9. The minimum absolute atomic E-state index is 0.0869. The highest BCUT2D eigenvalue weighted by Crippen LogP contribution is 2.32. The number of aliphatic hydroxyl groups excluding tert-OH is 1. The van der Waals surface area contributed by atoms with Crippen LogP contribution in [0.25, 0.3) is 11.3 Å². The Kier molecular flexibility index (Phi) is 5.91. The van der Waals surface area contributed by atoms with Crippen LogP contribution in [0.4, 0.5) is 11.4 Å². The molecule has 0 bridgehead atoms. The molecule has 0 aliphatic carbocycles. The van der Waals surface area contributed by atoms with E-state index in [0.29, 0.717) is 6.54 Å². The zero-order valence-electron chi connectivity index (χ0n) is 17.9. The van der Waals surface area contributed by atoms with E-state index in [4.69, 9.17) is 4.42 Å². The third-order valence-corrected chi connectivity index (χ3v) is 5.82. The Morgan fingerprint density at radius 1 is 1.12 bits per heavy atom. The molecular formula is C25H27N5O2. The van der Waals surface area contributed by atoms with E-state index in [9.17, 15) is 5.11 Å². The van der Waals surface area contributed by atoms with Gasteiger partial charge in [-0.3, -0.25) is 10.4 Å². The largest absolute Gasteiger partial charge is 0.444 e. The summed E-state index contributed by atoms with van der Waals surface area (Å²) >= 11 is 0. The second-order valence-electron chi connectivity index (χ2n) is 7.92. The van der Waals surface area contributed by atoms with E-state index in [2.05, 4.69) is 44.0 Å². The van der Waals surface area contributed by atoms with Crippen LogP contribution in [0, 0.1) is 0 Å². The van der Waals surface area contributed by atoms with Gasteiger partial charge < -0.3 is 19.7 Å². The number of benzene rings is 2. The number of anilines is 2. The van der Waals surface area contributed by atoms with Crippen LogP contribution in [0.5, 0.6) is 0 Å². The van der Waals surface area contributed by atoms with E-state index in [-0.39, 0.29) is 6.61 Å². The first-order valence-electron chi connectivity index (χ1n) is 10.9. The molecule has 3 N–H and O–H groups in total. The fourth-order valence-electron chi connectivity index (χ4n) is 4.31. The number of hydrogen-bond acceptors (Lipinski definition) is 7. The first-order chi connectivity index (χ1) is 15.8. The lowest BCUT2D eigenvalue weighted by molar-refractivity contribution is 0.304. The number of nitrogens with zero attached hydrogens (tertiary/aromatic N) is 3. The highest BCUT2D eigenvalue weighted by atomic mass is 16.3. The highest BCUT2D eigenvalue weighted by Gasteiger charge is 2.26. The Balaban J connectivity index is 1.43. The summed E-state index contributed by atoms with van der Waals surface area (Å²) in [6.45, 7) is 3.27. The Morgan fingerprint density at radius 2 is 1.97 bits per heavy atom. The van der Waals surface area contributed by atoms with Gasteiger partial charge in [-0.1, -0.05) is 18.2 Å². The second-order valence-corrected chi connectivity index (χ2v) is 7.92. The third kappa shape index (κ3) is 4.26. The molecule has 0 saturated heterocycles. The Morgan fingerprint density at radius 3 is 2.72 bits per heavy atom. The average molecular weight is 430 g/mol. The number of allylic oxidation sites excluding steroid dienone is 1. The fourth-order valence-corrected chi connectivity index (χ4v) is 4.31. The summed E-state index contributed by atoms with van der Waals surface area (Å²) in [7, 11) is 0. The summed E-state index contributed by atoms with van der Waals surface area (Å²) in [5.74, 6) is 0.752. The van der Waals surface area contributed by atoms with Gasteiger partial charge in [-0.05, 0) is 60.5 Å². The number of hydrogen-bond donors (Lipinski definition) is 3. The molecule has 5 rings (SSSR count). The molecular weight excluding hydrogens is 402 g/mol. The van der Waals surface area contributed by atoms with E-state index >= 15 is 0 Å². The van der Waals surface area contributed by atoms with Crippen molar-refractivity contribution in [1.29, 1.82) is 0 Å². The van der Waals surface area contributed by atoms with Crippen LogP contribution in [0.3, 0.4) is 0 Å². The standard InChI is InChI=1S/C25H27N5O2/c31-13-12-30(22-4-2-1-3-5-22)24-17-29(16-20-14-26-11-10-23(20)24)28-21-8-6-19(7-9-21)25-15-27-18-32-25/h1-9,15,17-18,26,28,31H,10-14,16H2. The van der Waals surface area contributed by atoms with Crippen LogP contribution in [-0.4, -0.2) is 47.9 Å². The van der Waals surface area contributed by atoms with Crippen molar-refractivity contribution in [2.45, 2.75) is 6.42 Å². The van der Waals surface area contributed by atoms with Gasteiger partial charge in [0.25, 0.3) is 0 Å². The van der Waals surface area contributed by atoms with Crippen LogP contribution in [0.15, 0.2) is 94.6 Å². The van der Waals surface area contributed by atoms with Crippen molar-refractivity contribution in [3.63, 3.8) is 0 Å². The monoisotopic (exact) mass is 429 g/mol. The van der Waals surface area contributed by atoms with Crippen molar-refractivity contribution in [3.8, 4) is 11.3 Å². The van der Waals surface area contributed by atoms with E-state index in [1.807, 2.05) is 42.5 Å². The van der Waals surface area contributed by atoms with Crippen LogP contribution in [-0.2, 0) is 0 Å². The molecule has 2 aromatic carbocycles. The summed E-state index contributed by atoms with van der Waals surface area (Å²) < 4.78 is 5.38. The minimum Gasteiger partial charge on any atom is -0.444 e. The maximum atomic E-state index is 9.79. The van der Waals surface area contributed by atoms with Crippen molar-refractivity contribution in [3.05, 3.63) is 90.2 Å². The Hall–Kier alpha value is -3.55. The molecule has 0 fully saturated rings. The number of nitrogens with one attached hydrogen (secondary N) is 2. The summed E-state index contributed by atoms with van der Waals surface area (Å²) in [6, 6.07) is 18.4. The first kappa shape index (κ1) is 20.4. The topological polar surface area (TPSA) is 76.8 Å². The molecule has 7 nitrogen and oxygen atoms in total. The van der Waals surface area contributed by atoms with Gasteiger partial charge in [0.05, 0.1) is 30.7 Å². The minimum atomic E-state index is 0.0869. The molecule has 0 spiro atoms. The molecule has 0 atom stereocenters. The number of para-hydroxylation sites is 1. The summed E-state index contributed by atoms with van der Waals surface area (Å²) in [4.78, 5) is 6.20. The molecule has 0 radical (unpaired) electrons. The molecule has 2 aliphatic rings. The maximum Gasteiger partial charge on any atom is 0.181 e. The highest BCUT2D eigenvalue weighted by molar-refractivity contribution is 5.62. The van der Waals surface area contributed by atoms with Gasteiger partial charge in [-0.15, -0.1) is 0 Å². The van der Waals surface area contributed by atoms with Crippen LogP contribution in [0.2, 0.25) is 0 Å². The van der Waals surface area contributed by atoms with Gasteiger partial charge in [-0.25, -0.2) is 4.98 Å². The third-order valence-electron chi connectivity index (χ3n) is 5.82. The van der Waals surface area contributed by atoms with Gasteiger partial charge >= 0.3 is 0 Å². The number of oxazole rings is 1. The van der Waals surface area contributed by atoms with Crippen molar-refractivity contribution in [1.82, 2.24) is 15.3 Å². The van der Waals surface area contributed by atoms with Crippen molar-refractivity contribution >= 4 is 11.4 Å². The average Bonchev–Trinajstić information content (AvgIpc) is 3.38. The molecule has 2 aliphatic heterocycles. The number of hydrazine groups is 1. The molecule has 164 valence electrons. The molecule has 7 heteroatoms. The van der Waals surface area contributed by atoms with E-state index in [0.717, 1.165) is 54.5 Å². The van der Waals surface area contributed by atoms with E-state index < -0.39 is 0 Å². The molecule has 1 aromatic heterocycles. The summed E-state index contributed by atoms with van der Waals surface area (Å²) in [5.41, 5.74) is 10.5. The van der Waals surface area contributed by atoms with Crippen molar-refractivity contribution in [2.24, 2.45) is 0 Å². The Bertz CT molecular complexity index is 1090. The quantitative estimate of drug-likeness (QED) is 0.530. The molecule has 3 aromatic rings. The van der Waals surface area contributed by atoms with Crippen LogP contribution >= 0.6 is 0 Å². The van der Waals surface area contributed by atoms with Crippen LogP contribution in [0.1, 0.15) is 6.42 Å². The number of rotatable bonds is 7. The lowest BCUT2D eigenvalue weighted by Crippen LogP contribution is -2.41. The predicted molar refractivity (Wildman–Crippen MR) is 126 cm³/mol. The summed E-state index contributed by atoms with van der Waals surface area (Å²) in [6.07, 6.45) is 6.30. The lowest BCUT2D eigenvalue weighted by atomic mass is 9.95. The molecule has 0 amide bonds. The molecule has 0 saturated carbocycles. The van der Waals surface area contributed by atoms with Gasteiger partial charge in [-0.2, -0.15) is 0 Å². The van der Waals surface area contributed by atoms with Gasteiger partial charge in [0, 0.05) is 30.5 Å². The normalized spacial score (nSPS) is 15.9. The second kappa shape index (κ2) is 9.30. The van der Waals surface area contributed by atoms with E-state index in [1.165, 1.54) is 17.5 Å². The summed E-state index contributed by atoms with van der Waals surface area (Å²) in [5, 5.41) is 15.4. The van der Waals surface area contributed by atoms with Gasteiger partial charge in [0.1, 0.15) is 0 Å².